The molecule has 0 aromatic heterocycles. The molecule has 2 aromatic rings. The summed E-state index contributed by atoms with van der Waals surface area (Å²) < 4.78 is 6.75. The van der Waals surface area contributed by atoms with Crippen LogP contribution in [-0.4, -0.2) is 58.1 Å². The van der Waals surface area contributed by atoms with Gasteiger partial charge in [0.25, 0.3) is 0 Å². The SMILES string of the molecule is CC1CC23O[C@@]1(C)[C@H](C(=O)Nc1ccccc1)[C@H]2C(=O)N(CCCCCCO)C3C(=O)Nc1ccccc1Cl. The number of amides is 3. The molecule has 3 amide bonds. The van der Waals surface area contributed by atoms with Crippen LogP contribution in [0, 0.1) is 17.8 Å². The maximum Gasteiger partial charge on any atom is 0.250 e. The average Bonchev–Trinajstić information content (AvgIpc) is 3.42. The number of nitrogens with one attached hydrogen (secondary N) is 2. The minimum Gasteiger partial charge on any atom is -0.396 e. The zero-order valence-electron chi connectivity index (χ0n) is 22.4. The van der Waals surface area contributed by atoms with Crippen molar-refractivity contribution in [3.63, 3.8) is 0 Å². The summed E-state index contributed by atoms with van der Waals surface area (Å²) in [5.41, 5.74) is -0.908. The fraction of sp³-hybridized carbons (Fsp3) is 0.500. The number of para-hydroxylation sites is 2. The van der Waals surface area contributed by atoms with Crippen molar-refractivity contribution in [2.75, 3.05) is 23.8 Å². The molecule has 3 fully saturated rings. The molecule has 3 aliphatic rings. The molecule has 6 atom stereocenters. The second-order valence-electron chi connectivity index (χ2n) is 11.2. The standard InChI is InChI=1S/C30H36ClN3O5/c1-19-18-30-24(23(29(19,2)39-30)26(36)32-20-12-6-5-7-13-20)28(38)34(16-10-3-4-11-17-35)25(30)27(37)33-22-15-9-8-14-21(22)31/h5-9,12-15,19,23-25,35H,3-4,10-11,16-18H2,1-2H3,(H,32,36)(H,33,37)/t19?,23-,24-,25?,29+,30?/m0/s1. The topological polar surface area (TPSA) is 108 Å². The zero-order chi connectivity index (χ0) is 27.8. The van der Waals surface area contributed by atoms with Gasteiger partial charge in [-0.1, -0.05) is 61.7 Å². The molecule has 39 heavy (non-hydrogen) atoms. The third kappa shape index (κ3) is 4.72. The molecular formula is C30H36ClN3O5. The summed E-state index contributed by atoms with van der Waals surface area (Å²) in [6, 6.07) is 15.3. The number of fused-ring (bicyclic) bond motifs is 1. The first kappa shape index (κ1) is 27.6. The van der Waals surface area contributed by atoms with Crippen molar-refractivity contribution in [3.8, 4) is 0 Å². The lowest BCUT2D eigenvalue weighted by Gasteiger charge is -2.36. The van der Waals surface area contributed by atoms with Crippen LogP contribution < -0.4 is 10.6 Å². The van der Waals surface area contributed by atoms with Crippen LogP contribution in [0.5, 0.6) is 0 Å². The second-order valence-corrected chi connectivity index (χ2v) is 11.6. The van der Waals surface area contributed by atoms with E-state index in [1.54, 1.807) is 29.2 Å². The first-order chi connectivity index (χ1) is 18.7. The molecule has 3 aliphatic heterocycles. The van der Waals surface area contributed by atoms with E-state index >= 15 is 0 Å². The molecule has 2 aromatic carbocycles. The van der Waals surface area contributed by atoms with Crippen molar-refractivity contribution in [3.05, 3.63) is 59.6 Å². The number of aliphatic hydroxyl groups is 1. The van der Waals surface area contributed by atoms with Crippen LogP contribution in [-0.2, 0) is 19.1 Å². The minimum atomic E-state index is -1.12. The number of aliphatic hydroxyl groups excluding tert-OH is 1. The molecule has 3 N–H and O–H groups in total. The van der Waals surface area contributed by atoms with Gasteiger partial charge in [-0.15, -0.1) is 0 Å². The van der Waals surface area contributed by atoms with Crippen LogP contribution in [0.3, 0.4) is 0 Å². The highest BCUT2D eigenvalue weighted by molar-refractivity contribution is 6.33. The van der Waals surface area contributed by atoms with Crippen molar-refractivity contribution in [2.45, 2.75) is 63.2 Å². The van der Waals surface area contributed by atoms with E-state index in [1.807, 2.05) is 44.2 Å². The predicted octanol–water partition coefficient (Wildman–Crippen LogP) is 4.48. The Balaban J connectivity index is 1.49. The largest absolute Gasteiger partial charge is 0.396 e. The highest BCUT2D eigenvalue weighted by Crippen LogP contribution is 2.65. The molecule has 9 heteroatoms. The molecule has 8 nitrogen and oxygen atoms in total. The Labute approximate surface area is 234 Å². The maximum absolute atomic E-state index is 14.2. The van der Waals surface area contributed by atoms with Gasteiger partial charge in [0.15, 0.2) is 0 Å². The van der Waals surface area contributed by atoms with Crippen LogP contribution in [0.2, 0.25) is 5.02 Å². The third-order valence-corrected chi connectivity index (χ3v) is 9.16. The summed E-state index contributed by atoms with van der Waals surface area (Å²) in [6.45, 7) is 4.41. The van der Waals surface area contributed by atoms with Crippen LogP contribution in [0.4, 0.5) is 11.4 Å². The van der Waals surface area contributed by atoms with Crippen LogP contribution in [0.25, 0.3) is 0 Å². The molecule has 2 bridgehead atoms. The van der Waals surface area contributed by atoms with E-state index in [4.69, 9.17) is 21.4 Å². The summed E-state index contributed by atoms with van der Waals surface area (Å²) in [4.78, 5) is 43.6. The van der Waals surface area contributed by atoms with Gasteiger partial charge in [-0.3, -0.25) is 14.4 Å². The predicted molar refractivity (Wildman–Crippen MR) is 149 cm³/mol. The number of ether oxygens (including phenoxy) is 1. The molecule has 3 saturated heterocycles. The molecular weight excluding hydrogens is 518 g/mol. The summed E-state index contributed by atoms with van der Waals surface area (Å²) in [6.07, 6.45) is 3.51. The third-order valence-electron chi connectivity index (χ3n) is 8.83. The lowest BCUT2D eigenvalue weighted by molar-refractivity contribution is -0.144. The smallest absolute Gasteiger partial charge is 0.250 e. The average molecular weight is 554 g/mol. The fourth-order valence-corrected chi connectivity index (χ4v) is 7.12. The Hall–Kier alpha value is -2.94. The number of hydrogen-bond donors (Lipinski definition) is 3. The zero-order valence-corrected chi connectivity index (χ0v) is 23.1. The van der Waals surface area contributed by atoms with E-state index in [-0.39, 0.29) is 30.2 Å². The Morgan fingerprint density at radius 2 is 1.72 bits per heavy atom. The van der Waals surface area contributed by atoms with E-state index in [2.05, 4.69) is 10.6 Å². The Bertz CT molecular complexity index is 1240. The van der Waals surface area contributed by atoms with Gasteiger partial charge < -0.3 is 25.4 Å². The van der Waals surface area contributed by atoms with Crippen molar-refractivity contribution in [1.82, 2.24) is 4.90 Å². The minimum absolute atomic E-state index is 0.0480. The van der Waals surface area contributed by atoms with Crippen LogP contribution >= 0.6 is 11.6 Å². The number of anilines is 2. The fourth-order valence-electron chi connectivity index (χ4n) is 6.93. The van der Waals surface area contributed by atoms with Gasteiger partial charge in [0, 0.05) is 18.8 Å². The summed E-state index contributed by atoms with van der Waals surface area (Å²) in [5, 5.41) is 15.5. The number of hydrogen-bond acceptors (Lipinski definition) is 5. The first-order valence-corrected chi connectivity index (χ1v) is 14.1. The Morgan fingerprint density at radius 1 is 1.03 bits per heavy atom. The monoisotopic (exact) mass is 553 g/mol. The van der Waals surface area contributed by atoms with E-state index in [9.17, 15) is 14.4 Å². The maximum atomic E-state index is 14.2. The number of nitrogens with zero attached hydrogens (tertiary/aromatic N) is 1. The molecule has 3 unspecified atom stereocenters. The van der Waals surface area contributed by atoms with Crippen LogP contribution in [0.15, 0.2) is 54.6 Å². The van der Waals surface area contributed by atoms with Gasteiger partial charge in [0.05, 0.1) is 28.1 Å². The van der Waals surface area contributed by atoms with Gasteiger partial charge in [-0.2, -0.15) is 0 Å². The first-order valence-electron chi connectivity index (χ1n) is 13.8. The van der Waals surface area contributed by atoms with Crippen molar-refractivity contribution in [1.29, 1.82) is 0 Å². The van der Waals surface area contributed by atoms with Crippen molar-refractivity contribution >= 4 is 40.7 Å². The van der Waals surface area contributed by atoms with E-state index in [1.165, 1.54) is 0 Å². The molecule has 5 rings (SSSR count). The highest BCUT2D eigenvalue weighted by atomic mass is 35.5. The number of unbranched alkanes of at least 4 members (excludes halogenated alkanes) is 3. The molecule has 0 saturated carbocycles. The normalized spacial score (nSPS) is 30.9. The molecule has 3 heterocycles. The Morgan fingerprint density at radius 3 is 2.44 bits per heavy atom. The lowest BCUT2D eigenvalue weighted by Crippen LogP contribution is -2.54. The number of halogens is 1. The summed E-state index contributed by atoms with van der Waals surface area (Å²) in [5.74, 6) is -2.43. The van der Waals surface area contributed by atoms with Gasteiger partial charge in [-0.25, -0.2) is 0 Å². The summed E-state index contributed by atoms with van der Waals surface area (Å²) in [7, 11) is 0. The quantitative estimate of drug-likeness (QED) is 0.376. The number of likely N-dealkylation sites (tertiary alicyclic amines) is 1. The molecule has 1 spiro atoms. The van der Waals surface area contributed by atoms with Crippen molar-refractivity contribution < 1.29 is 24.2 Å². The molecule has 0 aliphatic carbocycles. The van der Waals surface area contributed by atoms with E-state index in [0.717, 1.165) is 12.8 Å². The highest BCUT2D eigenvalue weighted by Gasteiger charge is 2.79. The van der Waals surface area contributed by atoms with Gasteiger partial charge in [0.1, 0.15) is 11.6 Å². The van der Waals surface area contributed by atoms with E-state index in [0.29, 0.717) is 42.2 Å². The van der Waals surface area contributed by atoms with E-state index < -0.39 is 29.1 Å². The Kier molecular flexibility index (Phi) is 7.73. The van der Waals surface area contributed by atoms with Gasteiger partial charge in [-0.05, 0) is 56.4 Å². The number of rotatable bonds is 10. The number of carbonyl (C=O) groups is 3. The number of benzene rings is 2. The van der Waals surface area contributed by atoms with Crippen molar-refractivity contribution in [2.24, 2.45) is 17.8 Å². The van der Waals surface area contributed by atoms with Crippen LogP contribution in [0.1, 0.15) is 46.0 Å². The number of carbonyl (C=O) groups excluding carboxylic acids is 3. The second kappa shape index (κ2) is 10.9. The summed E-state index contributed by atoms with van der Waals surface area (Å²) >= 11 is 6.35. The molecule has 0 radical (unpaired) electrons. The van der Waals surface area contributed by atoms with Gasteiger partial charge >= 0.3 is 0 Å². The van der Waals surface area contributed by atoms with Gasteiger partial charge in [0.2, 0.25) is 17.7 Å². The molecule has 208 valence electrons. The lowest BCUT2D eigenvalue weighted by atomic mass is 9.62.